The summed E-state index contributed by atoms with van der Waals surface area (Å²) in [6.07, 6.45) is -3.01. The molecule has 0 amide bonds. The van der Waals surface area contributed by atoms with Crippen LogP contribution in [0.25, 0.3) is 0 Å². The molecular weight excluding hydrogens is 235 g/mol. The molecule has 0 saturated carbocycles. The maximum Gasteiger partial charge on any atom is 0.416 e. The first kappa shape index (κ1) is 11.8. The second-order valence-electron chi connectivity index (χ2n) is 3.80. The first-order valence-corrected chi connectivity index (χ1v) is 5.96. The minimum Gasteiger partial charge on any atom is -0.330 e. The summed E-state index contributed by atoms with van der Waals surface area (Å²) < 4.78 is 38.2. The summed E-state index contributed by atoms with van der Waals surface area (Å²) in [5.74, 6) is 0. The van der Waals surface area contributed by atoms with E-state index < -0.39 is 11.7 Å². The van der Waals surface area contributed by atoms with E-state index in [4.69, 9.17) is 5.73 Å². The number of rotatable bonds is 2. The monoisotopic (exact) mass is 247 g/mol. The second-order valence-corrected chi connectivity index (χ2v) is 5.14. The number of hydrogen-bond donors (Lipinski definition) is 1. The van der Waals surface area contributed by atoms with Crippen molar-refractivity contribution in [2.45, 2.75) is 29.2 Å². The Kier molecular flexibility index (Phi) is 3.17. The predicted molar refractivity (Wildman–Crippen MR) is 58.5 cm³/mol. The fraction of sp³-hybridized carbons (Fsp3) is 0.455. The average molecular weight is 247 g/mol. The van der Waals surface area contributed by atoms with Crippen molar-refractivity contribution in [1.29, 1.82) is 0 Å². The first-order chi connectivity index (χ1) is 7.52. The summed E-state index contributed by atoms with van der Waals surface area (Å²) in [4.78, 5) is 0.758. The van der Waals surface area contributed by atoms with Crippen LogP contribution in [0.15, 0.2) is 23.1 Å². The molecule has 0 saturated heterocycles. The minimum atomic E-state index is -4.25. The molecule has 0 aromatic heterocycles. The number of nitrogens with two attached hydrogens (primary N) is 1. The lowest BCUT2D eigenvalue weighted by Gasteiger charge is -2.11. The van der Waals surface area contributed by atoms with Crippen molar-refractivity contribution in [3.8, 4) is 0 Å². The van der Waals surface area contributed by atoms with E-state index >= 15 is 0 Å². The van der Waals surface area contributed by atoms with Gasteiger partial charge < -0.3 is 5.73 Å². The molecule has 1 aliphatic rings. The molecule has 0 fully saturated rings. The summed E-state index contributed by atoms with van der Waals surface area (Å²) in [7, 11) is 0. The standard InChI is InChI=1S/C11H12F3NS/c12-11(13,14)9-2-1-3-10-8(9)6-7(16-10)4-5-15/h1-3,7H,4-6,15H2. The lowest BCUT2D eigenvalue weighted by molar-refractivity contribution is -0.138. The van der Waals surface area contributed by atoms with E-state index in [1.165, 1.54) is 17.8 Å². The van der Waals surface area contributed by atoms with E-state index in [0.717, 1.165) is 17.4 Å². The molecule has 2 N–H and O–H groups in total. The number of halogens is 3. The van der Waals surface area contributed by atoms with Gasteiger partial charge in [-0.15, -0.1) is 11.8 Å². The third kappa shape index (κ3) is 2.20. The van der Waals surface area contributed by atoms with Crippen LogP contribution < -0.4 is 5.73 Å². The topological polar surface area (TPSA) is 26.0 Å². The van der Waals surface area contributed by atoms with Crippen molar-refractivity contribution in [2.24, 2.45) is 5.73 Å². The highest BCUT2D eigenvalue weighted by Crippen LogP contribution is 2.44. The summed E-state index contributed by atoms with van der Waals surface area (Å²) in [6, 6.07) is 4.38. The van der Waals surface area contributed by atoms with Crippen molar-refractivity contribution in [1.82, 2.24) is 0 Å². The number of benzene rings is 1. The van der Waals surface area contributed by atoms with Crippen molar-refractivity contribution in [3.05, 3.63) is 29.3 Å². The zero-order valence-corrected chi connectivity index (χ0v) is 9.37. The molecule has 88 valence electrons. The fourth-order valence-corrected chi connectivity index (χ4v) is 3.30. The van der Waals surface area contributed by atoms with Crippen molar-refractivity contribution < 1.29 is 13.2 Å². The summed E-state index contributed by atoms with van der Waals surface area (Å²) in [6.45, 7) is 0.521. The minimum absolute atomic E-state index is 0.198. The van der Waals surface area contributed by atoms with E-state index in [1.807, 2.05) is 0 Å². The number of fused-ring (bicyclic) bond motifs is 1. The molecule has 1 nitrogen and oxygen atoms in total. The molecular formula is C11H12F3NS. The molecule has 1 aromatic carbocycles. The summed E-state index contributed by atoms with van der Waals surface area (Å²) in [5.41, 5.74) is 5.39. The van der Waals surface area contributed by atoms with Crippen LogP contribution in [0.4, 0.5) is 13.2 Å². The van der Waals surface area contributed by atoms with Gasteiger partial charge in [0.25, 0.3) is 0 Å². The average Bonchev–Trinajstić information content (AvgIpc) is 2.58. The van der Waals surface area contributed by atoms with Gasteiger partial charge in [0.1, 0.15) is 0 Å². The number of alkyl halides is 3. The highest BCUT2D eigenvalue weighted by molar-refractivity contribution is 8.00. The Hall–Kier alpha value is -0.680. The van der Waals surface area contributed by atoms with Crippen molar-refractivity contribution in [3.63, 3.8) is 0 Å². The molecule has 1 heterocycles. The predicted octanol–water partition coefficient (Wildman–Crippen LogP) is 3.07. The van der Waals surface area contributed by atoms with Crippen molar-refractivity contribution in [2.75, 3.05) is 6.54 Å². The van der Waals surface area contributed by atoms with Crippen LogP contribution in [0.5, 0.6) is 0 Å². The summed E-state index contributed by atoms with van der Waals surface area (Å²) in [5, 5.41) is 0.198. The van der Waals surface area contributed by atoms with E-state index in [9.17, 15) is 13.2 Å². The van der Waals surface area contributed by atoms with Gasteiger partial charge in [-0.1, -0.05) is 6.07 Å². The van der Waals surface area contributed by atoms with Crippen LogP contribution in [-0.4, -0.2) is 11.8 Å². The lowest BCUT2D eigenvalue weighted by Crippen LogP contribution is -2.12. The van der Waals surface area contributed by atoms with Gasteiger partial charge in [-0.2, -0.15) is 13.2 Å². The van der Waals surface area contributed by atoms with Gasteiger partial charge in [-0.3, -0.25) is 0 Å². The van der Waals surface area contributed by atoms with Crippen LogP contribution in [0.2, 0.25) is 0 Å². The maximum absolute atomic E-state index is 12.7. The fourth-order valence-electron chi connectivity index (χ4n) is 1.95. The Labute approximate surface area is 96.2 Å². The number of thioether (sulfide) groups is 1. The Morgan fingerprint density at radius 3 is 2.75 bits per heavy atom. The quantitative estimate of drug-likeness (QED) is 0.869. The Morgan fingerprint density at radius 2 is 2.12 bits per heavy atom. The summed E-state index contributed by atoms with van der Waals surface area (Å²) >= 11 is 1.51. The van der Waals surface area contributed by atoms with Gasteiger partial charge in [0.05, 0.1) is 5.56 Å². The Balaban J connectivity index is 2.31. The first-order valence-electron chi connectivity index (χ1n) is 5.08. The maximum atomic E-state index is 12.7. The molecule has 1 aliphatic heterocycles. The van der Waals surface area contributed by atoms with Crippen LogP contribution in [0.3, 0.4) is 0 Å². The molecule has 0 spiro atoms. The van der Waals surface area contributed by atoms with E-state index in [-0.39, 0.29) is 5.25 Å². The van der Waals surface area contributed by atoms with Crippen LogP contribution in [-0.2, 0) is 12.6 Å². The van der Waals surface area contributed by atoms with Gasteiger partial charge >= 0.3 is 6.18 Å². The van der Waals surface area contributed by atoms with E-state index in [1.54, 1.807) is 6.07 Å². The number of hydrogen-bond acceptors (Lipinski definition) is 2. The zero-order valence-electron chi connectivity index (χ0n) is 8.55. The van der Waals surface area contributed by atoms with Crippen LogP contribution in [0, 0.1) is 0 Å². The third-order valence-electron chi connectivity index (χ3n) is 2.65. The van der Waals surface area contributed by atoms with E-state index in [0.29, 0.717) is 18.5 Å². The highest BCUT2D eigenvalue weighted by atomic mass is 32.2. The SMILES string of the molecule is NCCC1Cc2c(cccc2C(F)(F)F)S1. The molecule has 0 bridgehead atoms. The zero-order chi connectivity index (χ0) is 11.8. The molecule has 5 heteroatoms. The lowest BCUT2D eigenvalue weighted by atomic mass is 10.0. The van der Waals surface area contributed by atoms with Crippen LogP contribution in [0.1, 0.15) is 17.5 Å². The van der Waals surface area contributed by atoms with Gasteiger partial charge in [0.2, 0.25) is 0 Å². The Morgan fingerprint density at radius 1 is 1.38 bits per heavy atom. The second kappa shape index (κ2) is 4.30. The Bertz CT molecular complexity index is 389. The van der Waals surface area contributed by atoms with E-state index in [2.05, 4.69) is 0 Å². The molecule has 1 atom stereocenters. The molecule has 1 unspecified atom stereocenters. The van der Waals surface area contributed by atoms with Gasteiger partial charge in [-0.25, -0.2) is 0 Å². The largest absolute Gasteiger partial charge is 0.416 e. The smallest absolute Gasteiger partial charge is 0.330 e. The third-order valence-corrected chi connectivity index (χ3v) is 4.02. The van der Waals surface area contributed by atoms with Gasteiger partial charge in [-0.05, 0) is 37.1 Å². The molecule has 16 heavy (non-hydrogen) atoms. The normalized spacial score (nSPS) is 19.9. The van der Waals surface area contributed by atoms with Gasteiger partial charge in [0, 0.05) is 10.1 Å². The molecule has 2 rings (SSSR count). The molecule has 1 aromatic rings. The van der Waals surface area contributed by atoms with Crippen molar-refractivity contribution >= 4 is 11.8 Å². The molecule has 0 aliphatic carbocycles. The van der Waals surface area contributed by atoms with Crippen LogP contribution >= 0.6 is 11.8 Å². The highest BCUT2D eigenvalue weighted by Gasteiger charge is 2.36. The molecule has 0 radical (unpaired) electrons. The van der Waals surface area contributed by atoms with Gasteiger partial charge in [0.15, 0.2) is 0 Å².